The van der Waals surface area contributed by atoms with Gasteiger partial charge in [0.2, 0.25) is 10.0 Å². The van der Waals surface area contributed by atoms with E-state index in [4.69, 9.17) is 9.47 Å². The number of ether oxygens (including phenoxy) is 2. The molecule has 0 bridgehead atoms. The predicted octanol–water partition coefficient (Wildman–Crippen LogP) is 2.51. The van der Waals surface area contributed by atoms with Gasteiger partial charge in [0.25, 0.3) is 0 Å². The maximum Gasteiger partial charge on any atom is 0.341 e. The monoisotopic (exact) mass is 409 g/mol. The summed E-state index contributed by atoms with van der Waals surface area (Å²) >= 11 is 0. The lowest BCUT2D eigenvalue weighted by Gasteiger charge is -2.12. The summed E-state index contributed by atoms with van der Waals surface area (Å²) in [6.07, 6.45) is 0. The first-order valence-corrected chi connectivity index (χ1v) is 9.76. The van der Waals surface area contributed by atoms with Crippen LogP contribution in [0.1, 0.15) is 27.6 Å². The number of hydrogen-bond acceptors (Lipinski definition) is 6. The van der Waals surface area contributed by atoms with Gasteiger partial charge >= 0.3 is 5.97 Å². The Balaban J connectivity index is 2.11. The molecular formula is C19H20FNO6S. The van der Waals surface area contributed by atoms with E-state index < -0.39 is 39.8 Å². The fourth-order valence-electron chi connectivity index (χ4n) is 2.23. The minimum Gasteiger partial charge on any atom is -0.494 e. The third-order valence-electron chi connectivity index (χ3n) is 3.76. The zero-order chi connectivity index (χ0) is 20.9. The van der Waals surface area contributed by atoms with Crippen LogP contribution in [0.3, 0.4) is 0 Å². The highest BCUT2D eigenvalue weighted by atomic mass is 32.2. The van der Waals surface area contributed by atoms with Gasteiger partial charge in [0.1, 0.15) is 11.6 Å². The molecule has 0 saturated carbocycles. The molecule has 28 heavy (non-hydrogen) atoms. The predicted molar refractivity (Wildman–Crippen MR) is 99.5 cm³/mol. The van der Waals surface area contributed by atoms with Crippen molar-refractivity contribution in [2.24, 2.45) is 0 Å². The third-order valence-corrected chi connectivity index (χ3v) is 5.57. The molecule has 0 heterocycles. The first-order chi connectivity index (χ1) is 13.2. The minimum absolute atomic E-state index is 0.260. The van der Waals surface area contributed by atoms with Crippen molar-refractivity contribution in [1.29, 1.82) is 0 Å². The average molecular weight is 409 g/mol. The number of Topliss-reactive ketones (excluding diaryl/α,β-unsaturated/α-hetero) is 1. The van der Waals surface area contributed by atoms with E-state index >= 15 is 0 Å². The van der Waals surface area contributed by atoms with Crippen LogP contribution in [0, 0.1) is 5.82 Å². The molecule has 0 atom stereocenters. The summed E-state index contributed by atoms with van der Waals surface area (Å²) in [5, 5.41) is 0. The first-order valence-electron chi connectivity index (χ1n) is 8.32. The molecule has 0 spiro atoms. The van der Waals surface area contributed by atoms with Crippen LogP contribution in [-0.2, 0) is 14.8 Å². The highest BCUT2D eigenvalue weighted by Gasteiger charge is 2.22. The van der Waals surface area contributed by atoms with Crippen LogP contribution in [0.4, 0.5) is 4.39 Å². The van der Waals surface area contributed by atoms with Gasteiger partial charge in [-0.25, -0.2) is 21.9 Å². The van der Waals surface area contributed by atoms with E-state index in [1.807, 2.05) is 6.92 Å². The van der Waals surface area contributed by atoms with Gasteiger partial charge in [-0.1, -0.05) is 0 Å². The number of hydrogen-bond donors (Lipinski definition) is 0. The first kappa shape index (κ1) is 21.5. The summed E-state index contributed by atoms with van der Waals surface area (Å²) in [7, 11) is -1.23. The Morgan fingerprint density at radius 3 is 2.29 bits per heavy atom. The van der Waals surface area contributed by atoms with Crippen LogP contribution in [0.25, 0.3) is 0 Å². The van der Waals surface area contributed by atoms with Gasteiger partial charge in [0.05, 0.1) is 17.1 Å². The van der Waals surface area contributed by atoms with E-state index in [0.717, 1.165) is 22.5 Å². The molecule has 9 heteroatoms. The number of carbonyl (C=O) groups is 2. The van der Waals surface area contributed by atoms with E-state index in [1.165, 1.54) is 26.2 Å². The second-order valence-electron chi connectivity index (χ2n) is 5.89. The molecule has 2 aromatic carbocycles. The van der Waals surface area contributed by atoms with Crippen molar-refractivity contribution in [3.8, 4) is 5.75 Å². The lowest BCUT2D eigenvalue weighted by Crippen LogP contribution is -2.23. The van der Waals surface area contributed by atoms with Crippen molar-refractivity contribution >= 4 is 21.8 Å². The lowest BCUT2D eigenvalue weighted by atomic mass is 10.1. The number of benzene rings is 2. The number of rotatable bonds is 8. The van der Waals surface area contributed by atoms with E-state index in [-0.39, 0.29) is 4.90 Å². The molecule has 0 amide bonds. The van der Waals surface area contributed by atoms with E-state index in [2.05, 4.69) is 0 Å². The van der Waals surface area contributed by atoms with Gasteiger partial charge in [-0.3, -0.25) is 4.79 Å². The molecule has 2 aromatic rings. The zero-order valence-corrected chi connectivity index (χ0v) is 16.5. The summed E-state index contributed by atoms with van der Waals surface area (Å²) in [5.41, 5.74) is -0.275. The minimum atomic E-state index is -3.85. The van der Waals surface area contributed by atoms with E-state index in [1.54, 1.807) is 12.1 Å². The highest BCUT2D eigenvalue weighted by molar-refractivity contribution is 7.89. The van der Waals surface area contributed by atoms with Crippen LogP contribution in [0.5, 0.6) is 5.75 Å². The van der Waals surface area contributed by atoms with Gasteiger partial charge in [-0.05, 0) is 49.4 Å². The maximum absolute atomic E-state index is 14.0. The van der Waals surface area contributed by atoms with Gasteiger partial charge in [-0.15, -0.1) is 0 Å². The molecule has 0 unspecified atom stereocenters. The smallest absolute Gasteiger partial charge is 0.341 e. The number of halogens is 1. The molecule has 0 radical (unpaired) electrons. The number of esters is 1. The van der Waals surface area contributed by atoms with Crippen molar-refractivity contribution in [3.63, 3.8) is 0 Å². The number of nitrogens with zero attached hydrogens (tertiary/aromatic N) is 1. The molecule has 0 aliphatic heterocycles. The SMILES string of the molecule is CCOc1ccc(C(=O)COC(=O)c2cc(S(=O)(=O)N(C)C)ccc2F)cc1. The van der Waals surface area contributed by atoms with Gasteiger partial charge in [0.15, 0.2) is 12.4 Å². The summed E-state index contributed by atoms with van der Waals surface area (Å²) in [6, 6.07) is 9.04. The topological polar surface area (TPSA) is 90.0 Å². The molecule has 0 aliphatic rings. The molecule has 2 rings (SSSR count). The van der Waals surface area contributed by atoms with Crippen molar-refractivity contribution in [1.82, 2.24) is 4.31 Å². The van der Waals surface area contributed by atoms with Crippen LogP contribution in [-0.4, -0.2) is 51.8 Å². The van der Waals surface area contributed by atoms with Crippen molar-refractivity contribution in [2.45, 2.75) is 11.8 Å². The van der Waals surface area contributed by atoms with Gasteiger partial charge < -0.3 is 9.47 Å². The fourth-order valence-corrected chi connectivity index (χ4v) is 3.16. The Bertz CT molecular complexity index is 970. The molecule has 0 fully saturated rings. The molecule has 0 aromatic heterocycles. The van der Waals surface area contributed by atoms with Crippen LogP contribution in [0.15, 0.2) is 47.4 Å². The van der Waals surface area contributed by atoms with Crippen LogP contribution in [0.2, 0.25) is 0 Å². The van der Waals surface area contributed by atoms with Crippen molar-refractivity contribution in [3.05, 3.63) is 59.4 Å². The average Bonchev–Trinajstić information content (AvgIpc) is 2.66. The summed E-state index contributed by atoms with van der Waals surface area (Å²) in [4.78, 5) is 24.0. The fraction of sp³-hybridized carbons (Fsp3) is 0.263. The Labute approximate surface area is 162 Å². The lowest BCUT2D eigenvalue weighted by molar-refractivity contribution is 0.0470. The van der Waals surface area contributed by atoms with E-state index in [9.17, 15) is 22.4 Å². The molecule has 7 nitrogen and oxygen atoms in total. The molecular weight excluding hydrogens is 389 g/mol. The normalized spacial score (nSPS) is 11.3. The van der Waals surface area contributed by atoms with Crippen LogP contribution < -0.4 is 4.74 Å². The molecule has 150 valence electrons. The van der Waals surface area contributed by atoms with Gasteiger partial charge in [-0.2, -0.15) is 0 Å². The summed E-state index contributed by atoms with van der Waals surface area (Å²) in [6.45, 7) is 1.70. The molecule has 0 N–H and O–H groups in total. The Morgan fingerprint density at radius 1 is 1.07 bits per heavy atom. The standard InChI is InChI=1S/C19H20FNO6S/c1-4-26-14-7-5-13(6-8-14)18(22)12-27-19(23)16-11-15(9-10-17(16)20)28(24,25)21(2)3/h5-11H,4,12H2,1-3H3. The van der Waals surface area contributed by atoms with Gasteiger partial charge in [0, 0.05) is 19.7 Å². The Hall–Kier alpha value is -2.78. The zero-order valence-electron chi connectivity index (χ0n) is 15.6. The maximum atomic E-state index is 14.0. The Kier molecular flexibility index (Phi) is 6.87. The second-order valence-corrected chi connectivity index (χ2v) is 8.04. The van der Waals surface area contributed by atoms with Crippen molar-refractivity contribution in [2.75, 3.05) is 27.3 Å². The number of carbonyl (C=O) groups excluding carboxylic acids is 2. The molecule has 0 aliphatic carbocycles. The van der Waals surface area contributed by atoms with E-state index in [0.29, 0.717) is 17.9 Å². The summed E-state index contributed by atoms with van der Waals surface area (Å²) in [5.74, 6) is -1.98. The van der Waals surface area contributed by atoms with Crippen LogP contribution >= 0.6 is 0 Å². The highest BCUT2D eigenvalue weighted by Crippen LogP contribution is 2.19. The second kappa shape index (κ2) is 8.94. The number of sulfonamides is 1. The molecule has 0 saturated heterocycles. The largest absolute Gasteiger partial charge is 0.494 e. The Morgan fingerprint density at radius 2 is 1.71 bits per heavy atom. The third kappa shape index (κ3) is 4.93. The quantitative estimate of drug-likeness (QED) is 0.492. The summed E-state index contributed by atoms with van der Waals surface area (Å²) < 4.78 is 49.3. The number of ketones is 1. The van der Waals surface area contributed by atoms with Crippen molar-refractivity contribution < 1.29 is 31.9 Å².